The van der Waals surface area contributed by atoms with Crippen LogP contribution in [0.3, 0.4) is 0 Å². The van der Waals surface area contributed by atoms with Crippen LogP contribution in [0.5, 0.6) is 0 Å². The number of thiazole rings is 1. The zero-order valence-electron chi connectivity index (χ0n) is 9.53. The van der Waals surface area contributed by atoms with Crippen molar-refractivity contribution in [2.75, 3.05) is 0 Å². The first-order valence-electron chi connectivity index (χ1n) is 5.13. The number of nitrogens with zero attached hydrogens (tertiary/aromatic N) is 2. The molecule has 2 rings (SSSR count). The lowest BCUT2D eigenvalue weighted by molar-refractivity contribution is 0.0992. The molecule has 0 aliphatic heterocycles. The van der Waals surface area contributed by atoms with Gasteiger partial charge >= 0.3 is 0 Å². The first kappa shape index (κ1) is 11.9. The van der Waals surface area contributed by atoms with E-state index in [-0.39, 0.29) is 17.8 Å². The Balaban J connectivity index is 2.17. The van der Waals surface area contributed by atoms with Gasteiger partial charge in [0, 0.05) is 16.6 Å². The predicted octanol–water partition coefficient (Wildman–Crippen LogP) is 2.72. The van der Waals surface area contributed by atoms with Crippen molar-refractivity contribution in [2.24, 2.45) is 0 Å². The number of ketones is 1. The third-order valence-electron chi connectivity index (χ3n) is 2.41. The first-order valence-corrected chi connectivity index (χ1v) is 5.94. The second-order valence-corrected chi connectivity index (χ2v) is 5.03. The molecule has 0 aliphatic rings. The van der Waals surface area contributed by atoms with Crippen LogP contribution >= 0.6 is 11.3 Å². The van der Waals surface area contributed by atoms with E-state index in [1.165, 1.54) is 23.6 Å². The molecule has 2 heterocycles. The maximum Gasteiger partial charge on any atom is 0.171 e. The second kappa shape index (κ2) is 4.71. The maximum atomic E-state index is 12.9. The molecule has 2 aromatic heterocycles. The van der Waals surface area contributed by atoms with Crippen LogP contribution in [0.25, 0.3) is 0 Å². The number of aromatic nitrogens is 2. The minimum Gasteiger partial charge on any atom is -0.294 e. The third-order valence-corrected chi connectivity index (χ3v) is 3.48. The monoisotopic (exact) mass is 250 g/mol. The van der Waals surface area contributed by atoms with Gasteiger partial charge in [-0.1, -0.05) is 0 Å². The van der Waals surface area contributed by atoms with E-state index in [2.05, 4.69) is 9.97 Å². The molecule has 0 amide bonds. The maximum absolute atomic E-state index is 12.9. The van der Waals surface area contributed by atoms with Crippen LogP contribution in [-0.2, 0) is 6.42 Å². The van der Waals surface area contributed by atoms with Gasteiger partial charge < -0.3 is 0 Å². The molecular weight excluding hydrogens is 239 g/mol. The number of rotatable bonds is 3. The molecule has 0 bridgehead atoms. The SMILES string of the molecule is Cc1nc(CC(=O)c2cncc(F)c2)sc1C. The van der Waals surface area contributed by atoms with E-state index in [0.29, 0.717) is 0 Å². The summed E-state index contributed by atoms with van der Waals surface area (Å²) in [6, 6.07) is 1.20. The van der Waals surface area contributed by atoms with E-state index in [9.17, 15) is 9.18 Å². The fourth-order valence-corrected chi connectivity index (χ4v) is 2.35. The van der Waals surface area contributed by atoms with Gasteiger partial charge in [0.05, 0.1) is 18.3 Å². The number of carbonyl (C=O) groups is 1. The summed E-state index contributed by atoms with van der Waals surface area (Å²) in [5.41, 5.74) is 1.23. The topological polar surface area (TPSA) is 42.9 Å². The van der Waals surface area contributed by atoms with Gasteiger partial charge in [-0.05, 0) is 19.9 Å². The fraction of sp³-hybridized carbons (Fsp3) is 0.250. The van der Waals surface area contributed by atoms with E-state index in [4.69, 9.17) is 0 Å². The molecule has 0 aromatic carbocycles. The van der Waals surface area contributed by atoms with Crippen molar-refractivity contribution < 1.29 is 9.18 Å². The van der Waals surface area contributed by atoms with Crippen LogP contribution in [0.2, 0.25) is 0 Å². The Morgan fingerprint density at radius 1 is 1.41 bits per heavy atom. The Hall–Kier alpha value is -1.62. The Bertz CT molecular complexity index is 546. The smallest absolute Gasteiger partial charge is 0.171 e. The lowest BCUT2D eigenvalue weighted by Gasteiger charge is -1.97. The van der Waals surface area contributed by atoms with Crippen molar-refractivity contribution in [3.05, 3.63) is 45.4 Å². The molecule has 0 unspecified atom stereocenters. The van der Waals surface area contributed by atoms with E-state index >= 15 is 0 Å². The number of aryl methyl sites for hydroxylation is 2. The van der Waals surface area contributed by atoms with Crippen LogP contribution < -0.4 is 0 Å². The van der Waals surface area contributed by atoms with Crippen LogP contribution in [0.1, 0.15) is 25.9 Å². The molecule has 0 fully saturated rings. The summed E-state index contributed by atoms with van der Waals surface area (Å²) >= 11 is 1.50. The number of Topliss-reactive ketones (excluding diaryl/α,β-unsaturated/α-hetero) is 1. The van der Waals surface area contributed by atoms with Crippen molar-refractivity contribution in [3.8, 4) is 0 Å². The number of hydrogen-bond donors (Lipinski definition) is 0. The zero-order chi connectivity index (χ0) is 12.4. The summed E-state index contributed by atoms with van der Waals surface area (Å²) in [7, 11) is 0. The molecule has 0 atom stereocenters. The molecule has 0 aliphatic carbocycles. The standard InChI is InChI=1S/C12H11FN2OS/c1-7-8(2)17-12(15-7)4-11(16)9-3-10(13)6-14-5-9/h3,5-6H,4H2,1-2H3. The summed E-state index contributed by atoms with van der Waals surface area (Å²) in [4.78, 5) is 20.9. The average molecular weight is 250 g/mol. The first-order chi connectivity index (χ1) is 8.06. The number of hydrogen-bond acceptors (Lipinski definition) is 4. The Kier molecular flexibility index (Phi) is 3.28. The molecular formula is C12H11FN2OS. The van der Waals surface area contributed by atoms with Crippen molar-refractivity contribution in [1.29, 1.82) is 0 Å². The zero-order valence-corrected chi connectivity index (χ0v) is 10.3. The van der Waals surface area contributed by atoms with Gasteiger partial charge in [0.2, 0.25) is 0 Å². The van der Waals surface area contributed by atoms with Crippen molar-refractivity contribution in [3.63, 3.8) is 0 Å². The lowest BCUT2D eigenvalue weighted by Crippen LogP contribution is -2.04. The molecule has 2 aromatic rings. The predicted molar refractivity (Wildman–Crippen MR) is 63.8 cm³/mol. The summed E-state index contributed by atoms with van der Waals surface area (Å²) in [6.07, 6.45) is 2.65. The second-order valence-electron chi connectivity index (χ2n) is 3.74. The summed E-state index contributed by atoms with van der Waals surface area (Å²) in [5.74, 6) is -0.659. The summed E-state index contributed by atoms with van der Waals surface area (Å²) < 4.78 is 12.9. The van der Waals surface area contributed by atoms with Crippen LogP contribution in [-0.4, -0.2) is 15.8 Å². The van der Waals surface area contributed by atoms with Crippen molar-refractivity contribution in [2.45, 2.75) is 20.3 Å². The highest BCUT2D eigenvalue weighted by atomic mass is 32.1. The minimum absolute atomic E-state index is 0.161. The Morgan fingerprint density at radius 2 is 2.18 bits per heavy atom. The van der Waals surface area contributed by atoms with E-state index in [0.717, 1.165) is 21.8 Å². The van der Waals surface area contributed by atoms with E-state index in [1.54, 1.807) is 0 Å². The van der Waals surface area contributed by atoms with Gasteiger partial charge in [0.15, 0.2) is 5.78 Å². The van der Waals surface area contributed by atoms with Gasteiger partial charge in [-0.2, -0.15) is 0 Å². The van der Waals surface area contributed by atoms with Crippen LogP contribution in [0.15, 0.2) is 18.5 Å². The molecule has 88 valence electrons. The summed E-state index contributed by atoms with van der Waals surface area (Å²) in [5, 5.41) is 0.759. The van der Waals surface area contributed by atoms with Crippen LogP contribution in [0, 0.1) is 19.7 Å². The number of carbonyl (C=O) groups excluding carboxylic acids is 1. The summed E-state index contributed by atoms with van der Waals surface area (Å²) in [6.45, 7) is 3.87. The molecule has 0 spiro atoms. The molecule has 3 nitrogen and oxygen atoms in total. The van der Waals surface area contributed by atoms with Gasteiger partial charge in [-0.25, -0.2) is 9.37 Å². The molecule has 0 N–H and O–H groups in total. The average Bonchev–Trinajstić information content (AvgIpc) is 2.58. The highest BCUT2D eigenvalue weighted by Crippen LogP contribution is 2.18. The van der Waals surface area contributed by atoms with E-state index < -0.39 is 5.82 Å². The van der Waals surface area contributed by atoms with Crippen LogP contribution in [0.4, 0.5) is 4.39 Å². The largest absolute Gasteiger partial charge is 0.294 e. The highest BCUT2D eigenvalue weighted by molar-refractivity contribution is 7.11. The Morgan fingerprint density at radius 3 is 2.76 bits per heavy atom. The molecule has 17 heavy (non-hydrogen) atoms. The minimum atomic E-state index is -0.498. The van der Waals surface area contributed by atoms with Gasteiger partial charge in [-0.3, -0.25) is 9.78 Å². The quantitative estimate of drug-likeness (QED) is 0.787. The van der Waals surface area contributed by atoms with Crippen molar-refractivity contribution in [1.82, 2.24) is 9.97 Å². The lowest BCUT2D eigenvalue weighted by atomic mass is 10.1. The van der Waals surface area contributed by atoms with Gasteiger partial charge in [0.1, 0.15) is 10.8 Å². The molecule has 0 radical (unpaired) electrons. The molecule has 0 saturated carbocycles. The molecule has 0 saturated heterocycles. The van der Waals surface area contributed by atoms with Crippen molar-refractivity contribution >= 4 is 17.1 Å². The number of halogens is 1. The van der Waals surface area contributed by atoms with E-state index in [1.807, 2.05) is 13.8 Å². The van der Waals surface area contributed by atoms with Gasteiger partial charge in [-0.15, -0.1) is 11.3 Å². The van der Waals surface area contributed by atoms with Gasteiger partial charge in [0.25, 0.3) is 0 Å². The normalized spacial score (nSPS) is 10.5. The third kappa shape index (κ3) is 2.74. The Labute approximate surface area is 102 Å². The highest BCUT2D eigenvalue weighted by Gasteiger charge is 2.12. The number of pyridine rings is 1. The molecule has 5 heteroatoms. The fourth-order valence-electron chi connectivity index (χ4n) is 1.42.